The zero-order chi connectivity index (χ0) is 24.7. The minimum Gasteiger partial charge on any atom is -0.375 e. The smallest absolute Gasteiger partial charge is 0.219 e. The van der Waals surface area contributed by atoms with Crippen molar-refractivity contribution in [2.45, 2.75) is 52.4 Å². The van der Waals surface area contributed by atoms with Crippen molar-refractivity contribution in [1.29, 1.82) is 0 Å². The first-order valence-corrected chi connectivity index (χ1v) is 11.2. The molecule has 0 heterocycles. The highest BCUT2D eigenvalue weighted by atomic mass is 16.7. The van der Waals surface area contributed by atoms with Crippen LogP contribution in [0, 0.1) is 11.8 Å². The summed E-state index contributed by atoms with van der Waals surface area (Å²) in [5.41, 5.74) is 2.47. The fraction of sp³-hybridized carbons (Fsp3) is 0.560. The number of unbranched alkanes of at least 4 members (excludes halogenated alkanes) is 1. The van der Waals surface area contributed by atoms with E-state index in [0.29, 0.717) is 64.2 Å². The van der Waals surface area contributed by atoms with Crippen molar-refractivity contribution < 1.29 is 28.6 Å². The molecule has 0 aliphatic carbocycles. The molecule has 2 N–H and O–H groups in total. The normalized spacial score (nSPS) is 9.97. The topological polar surface area (TPSA) is 103 Å². The second-order valence-corrected chi connectivity index (χ2v) is 6.72. The van der Waals surface area contributed by atoms with Gasteiger partial charge in [0.05, 0.1) is 13.2 Å². The molecule has 0 unspecified atom stereocenters. The highest BCUT2D eigenvalue weighted by Crippen LogP contribution is 2.12. The van der Waals surface area contributed by atoms with Crippen LogP contribution in [0.2, 0.25) is 0 Å². The van der Waals surface area contributed by atoms with Gasteiger partial charge in [-0.1, -0.05) is 24.0 Å². The van der Waals surface area contributed by atoms with Gasteiger partial charge in [0.1, 0.15) is 12.6 Å². The molecule has 8 nitrogen and oxygen atoms in total. The lowest BCUT2D eigenvalue weighted by Gasteiger charge is -2.16. The van der Waals surface area contributed by atoms with Gasteiger partial charge >= 0.3 is 0 Å². The van der Waals surface area contributed by atoms with Crippen molar-refractivity contribution in [3.05, 3.63) is 34.9 Å². The number of ether oxygens (including phenoxy) is 3. The third-order valence-electron chi connectivity index (χ3n) is 4.25. The summed E-state index contributed by atoms with van der Waals surface area (Å²) in [4.78, 5) is 31.3. The van der Waals surface area contributed by atoms with Gasteiger partial charge in [0, 0.05) is 57.2 Å². The highest BCUT2D eigenvalue weighted by Gasteiger charge is 2.07. The van der Waals surface area contributed by atoms with Crippen molar-refractivity contribution >= 4 is 18.5 Å². The molecule has 0 saturated heterocycles. The number of benzene rings is 1. The van der Waals surface area contributed by atoms with E-state index in [-0.39, 0.29) is 12.2 Å². The number of carbonyl (C=O) groups excluding carboxylic acids is 3. The molecule has 1 aromatic rings. The van der Waals surface area contributed by atoms with Gasteiger partial charge in [0.25, 0.3) is 0 Å². The second kappa shape index (κ2) is 21.3. The van der Waals surface area contributed by atoms with E-state index in [2.05, 4.69) is 22.5 Å². The predicted octanol–water partition coefficient (Wildman–Crippen LogP) is 2.48. The Morgan fingerprint density at radius 2 is 1.88 bits per heavy atom. The predicted molar refractivity (Wildman–Crippen MR) is 128 cm³/mol. The quantitative estimate of drug-likeness (QED) is 0.179. The molecule has 0 radical (unpaired) electrons. The summed E-state index contributed by atoms with van der Waals surface area (Å²) < 4.78 is 16.3. The SMILES string of the molecule is CCOC(COCCC#Cc1cccc(C=O)c1CNC)OCC.CNC(=O)CCCC=O. The van der Waals surface area contributed by atoms with Crippen LogP contribution in [0.5, 0.6) is 0 Å². The van der Waals surface area contributed by atoms with Gasteiger partial charge < -0.3 is 29.6 Å². The van der Waals surface area contributed by atoms with E-state index in [1.54, 1.807) is 13.1 Å². The number of rotatable bonds is 15. The minimum absolute atomic E-state index is 0.00292. The summed E-state index contributed by atoms with van der Waals surface area (Å²) in [6.07, 6.45) is 3.56. The molecule has 8 heteroatoms. The van der Waals surface area contributed by atoms with Crippen molar-refractivity contribution in [3.63, 3.8) is 0 Å². The molecule has 0 aromatic heterocycles. The Hall–Kier alpha value is -2.57. The Kier molecular flexibility index (Phi) is 19.6. The molecule has 0 atom stereocenters. The van der Waals surface area contributed by atoms with E-state index in [9.17, 15) is 14.4 Å². The summed E-state index contributed by atoms with van der Waals surface area (Å²) >= 11 is 0. The number of amides is 1. The van der Waals surface area contributed by atoms with Crippen LogP contribution < -0.4 is 10.6 Å². The summed E-state index contributed by atoms with van der Waals surface area (Å²) in [5.74, 6) is 6.21. The van der Waals surface area contributed by atoms with Crippen LogP contribution in [-0.2, 0) is 30.3 Å². The molecule has 0 spiro atoms. The number of hydrogen-bond acceptors (Lipinski definition) is 7. The summed E-state index contributed by atoms with van der Waals surface area (Å²) in [7, 11) is 3.43. The third-order valence-corrected chi connectivity index (χ3v) is 4.25. The highest BCUT2D eigenvalue weighted by molar-refractivity contribution is 5.78. The first kappa shape index (κ1) is 30.4. The van der Waals surface area contributed by atoms with Crippen LogP contribution in [0.25, 0.3) is 0 Å². The molecule has 33 heavy (non-hydrogen) atoms. The van der Waals surface area contributed by atoms with Crippen LogP contribution in [0.4, 0.5) is 0 Å². The van der Waals surface area contributed by atoms with Gasteiger partial charge in [-0.15, -0.1) is 0 Å². The lowest BCUT2D eigenvalue weighted by molar-refractivity contribution is -0.166. The molecule has 0 fully saturated rings. The average molecular weight is 463 g/mol. The van der Waals surface area contributed by atoms with Crippen LogP contribution in [0.15, 0.2) is 18.2 Å². The monoisotopic (exact) mass is 462 g/mol. The van der Waals surface area contributed by atoms with Crippen LogP contribution in [0.3, 0.4) is 0 Å². The van der Waals surface area contributed by atoms with Crippen molar-refractivity contribution in [2.75, 3.05) is 40.5 Å². The van der Waals surface area contributed by atoms with Crippen molar-refractivity contribution in [2.24, 2.45) is 0 Å². The van der Waals surface area contributed by atoms with E-state index < -0.39 is 0 Å². The summed E-state index contributed by atoms with van der Waals surface area (Å²) in [5, 5.41) is 5.54. The maximum absolute atomic E-state index is 11.1. The van der Waals surface area contributed by atoms with E-state index >= 15 is 0 Å². The first-order valence-electron chi connectivity index (χ1n) is 11.2. The van der Waals surface area contributed by atoms with E-state index in [1.807, 2.05) is 33.0 Å². The maximum Gasteiger partial charge on any atom is 0.219 e. The molecular weight excluding hydrogens is 424 g/mol. The Balaban J connectivity index is 0.000000960. The van der Waals surface area contributed by atoms with Gasteiger partial charge in [0.2, 0.25) is 5.91 Å². The number of nitrogens with one attached hydrogen (secondary N) is 2. The van der Waals surface area contributed by atoms with Gasteiger partial charge in [0.15, 0.2) is 6.29 Å². The molecule has 1 amide bonds. The standard InChI is InChI=1S/C19H27NO4.C6H11NO2/c1-4-23-19(24-5-2)15-22-12-7-6-9-16-10-8-11-17(14-21)18(16)13-20-3;1-7-6(9)4-2-3-5-8/h8,10-11,14,19-20H,4-5,7,12-13,15H2,1-3H3;5H,2-4H2,1H3,(H,7,9). The first-order chi connectivity index (χ1) is 16.1. The molecule has 0 saturated carbocycles. The fourth-order valence-corrected chi connectivity index (χ4v) is 2.65. The summed E-state index contributed by atoms with van der Waals surface area (Å²) in [6.45, 7) is 6.55. The van der Waals surface area contributed by atoms with Crippen LogP contribution >= 0.6 is 0 Å². The fourth-order valence-electron chi connectivity index (χ4n) is 2.65. The van der Waals surface area contributed by atoms with Crippen molar-refractivity contribution in [1.82, 2.24) is 10.6 Å². The molecule has 0 bridgehead atoms. The minimum atomic E-state index is -0.320. The van der Waals surface area contributed by atoms with E-state index in [4.69, 9.17) is 14.2 Å². The number of carbonyl (C=O) groups is 3. The van der Waals surface area contributed by atoms with Gasteiger partial charge in [-0.3, -0.25) is 9.59 Å². The largest absolute Gasteiger partial charge is 0.375 e. The Morgan fingerprint density at radius 3 is 2.45 bits per heavy atom. The van der Waals surface area contributed by atoms with Crippen LogP contribution in [-0.4, -0.2) is 65.3 Å². The van der Waals surface area contributed by atoms with Crippen molar-refractivity contribution in [3.8, 4) is 11.8 Å². The number of hydrogen-bond donors (Lipinski definition) is 2. The third kappa shape index (κ3) is 15.0. The molecule has 0 aliphatic heterocycles. The van der Waals surface area contributed by atoms with E-state index in [1.165, 1.54) is 0 Å². The summed E-state index contributed by atoms with van der Waals surface area (Å²) in [6, 6.07) is 5.57. The maximum atomic E-state index is 11.1. The number of aldehydes is 2. The van der Waals surface area contributed by atoms with Crippen LogP contribution in [0.1, 0.15) is 61.0 Å². The molecular formula is C25H38N2O6. The Morgan fingerprint density at radius 1 is 1.15 bits per heavy atom. The van der Waals surface area contributed by atoms with Gasteiger partial charge in [-0.2, -0.15) is 0 Å². The second-order valence-electron chi connectivity index (χ2n) is 6.72. The molecule has 1 rings (SSSR count). The molecule has 1 aromatic carbocycles. The Labute approximate surface area is 197 Å². The molecule has 184 valence electrons. The molecule has 0 aliphatic rings. The zero-order valence-corrected chi connectivity index (χ0v) is 20.3. The zero-order valence-electron chi connectivity index (χ0n) is 20.3. The van der Waals surface area contributed by atoms with Gasteiger partial charge in [-0.25, -0.2) is 0 Å². The average Bonchev–Trinajstić information content (AvgIpc) is 2.82. The lowest BCUT2D eigenvalue weighted by atomic mass is 10.0. The Bertz CT molecular complexity index is 736. The van der Waals surface area contributed by atoms with Gasteiger partial charge in [-0.05, 0) is 38.9 Å². The van der Waals surface area contributed by atoms with E-state index in [0.717, 1.165) is 23.7 Å². The lowest BCUT2D eigenvalue weighted by Crippen LogP contribution is -2.23.